The number of benzene rings is 1. The van der Waals surface area contributed by atoms with Crippen molar-refractivity contribution in [1.29, 1.82) is 0 Å². The van der Waals surface area contributed by atoms with Crippen LogP contribution in [0.3, 0.4) is 0 Å². The summed E-state index contributed by atoms with van der Waals surface area (Å²) in [5.74, 6) is -0.0206. The van der Waals surface area contributed by atoms with E-state index in [0.29, 0.717) is 6.54 Å². The third-order valence-electron chi connectivity index (χ3n) is 3.73. The second-order valence-corrected chi connectivity index (χ2v) is 6.95. The number of nitrogens with zero attached hydrogens (tertiary/aromatic N) is 1. The lowest BCUT2D eigenvalue weighted by Crippen LogP contribution is -2.40. The third-order valence-corrected chi connectivity index (χ3v) is 4.64. The molecule has 0 aliphatic carbocycles. The van der Waals surface area contributed by atoms with E-state index < -0.39 is 10.0 Å². The van der Waals surface area contributed by atoms with E-state index in [-0.39, 0.29) is 23.4 Å². The predicted molar refractivity (Wildman–Crippen MR) is 81.6 cm³/mol. The van der Waals surface area contributed by atoms with E-state index in [2.05, 4.69) is 5.32 Å². The lowest BCUT2D eigenvalue weighted by atomic mass is 10.2. The Labute approximate surface area is 125 Å². The second-order valence-electron chi connectivity index (χ2n) is 5.38. The molecule has 21 heavy (non-hydrogen) atoms. The van der Waals surface area contributed by atoms with Gasteiger partial charge in [-0.25, -0.2) is 13.6 Å². The second kappa shape index (κ2) is 6.03. The molecule has 1 aromatic rings. The molecule has 0 aromatic heterocycles. The lowest BCUT2D eigenvalue weighted by molar-refractivity contribution is -0.120. The van der Waals surface area contributed by atoms with Gasteiger partial charge in [0.1, 0.15) is 0 Å². The molecular formula is C14H21N3O3S. The van der Waals surface area contributed by atoms with Gasteiger partial charge in [0.2, 0.25) is 15.9 Å². The number of hydrogen-bond donors (Lipinski definition) is 2. The summed E-state index contributed by atoms with van der Waals surface area (Å²) in [7, 11) is -3.68. The van der Waals surface area contributed by atoms with E-state index in [1.54, 1.807) is 12.1 Å². The molecule has 0 fully saturated rings. The standard InChI is InChI=1S/C14H21N3O3S/c1-3-10(2)16-14(18)9-17-7-6-11-8-12(21(15,19)20)4-5-13(11)17/h4-5,8,10H,3,6-7,9H2,1-2H3,(H,16,18)(H2,15,19,20). The minimum Gasteiger partial charge on any atom is -0.362 e. The summed E-state index contributed by atoms with van der Waals surface area (Å²) in [6, 6.07) is 4.96. The van der Waals surface area contributed by atoms with Gasteiger partial charge in [0.25, 0.3) is 0 Å². The molecule has 0 saturated heterocycles. The van der Waals surface area contributed by atoms with Crippen molar-refractivity contribution in [3.63, 3.8) is 0 Å². The molecule has 1 heterocycles. The number of anilines is 1. The van der Waals surface area contributed by atoms with Crippen molar-refractivity contribution in [3.8, 4) is 0 Å². The number of primary sulfonamides is 1. The van der Waals surface area contributed by atoms with Crippen molar-refractivity contribution >= 4 is 21.6 Å². The minimum absolute atomic E-state index is 0.0206. The molecule has 1 aliphatic heterocycles. The van der Waals surface area contributed by atoms with E-state index >= 15 is 0 Å². The Morgan fingerprint density at radius 1 is 1.48 bits per heavy atom. The van der Waals surface area contributed by atoms with Gasteiger partial charge >= 0.3 is 0 Å². The average molecular weight is 311 g/mol. The number of nitrogens with one attached hydrogen (secondary N) is 1. The summed E-state index contributed by atoms with van der Waals surface area (Å²) in [4.78, 5) is 14.0. The number of hydrogen-bond acceptors (Lipinski definition) is 4. The van der Waals surface area contributed by atoms with Crippen LogP contribution in [0.1, 0.15) is 25.8 Å². The summed E-state index contributed by atoms with van der Waals surface area (Å²) in [5, 5.41) is 8.06. The lowest BCUT2D eigenvalue weighted by Gasteiger charge is -2.20. The van der Waals surface area contributed by atoms with Gasteiger partial charge in [0, 0.05) is 18.3 Å². The largest absolute Gasteiger partial charge is 0.362 e. The van der Waals surface area contributed by atoms with E-state index in [9.17, 15) is 13.2 Å². The highest BCUT2D eigenvalue weighted by molar-refractivity contribution is 7.89. The number of nitrogens with two attached hydrogens (primary N) is 1. The fourth-order valence-corrected chi connectivity index (χ4v) is 2.95. The van der Waals surface area contributed by atoms with Crippen LogP contribution in [0, 0.1) is 0 Å². The zero-order valence-electron chi connectivity index (χ0n) is 12.3. The summed E-state index contributed by atoms with van der Waals surface area (Å²) in [6.45, 7) is 4.97. The number of sulfonamides is 1. The number of carbonyl (C=O) groups is 1. The van der Waals surface area contributed by atoms with Crippen LogP contribution >= 0.6 is 0 Å². The van der Waals surface area contributed by atoms with Gasteiger partial charge < -0.3 is 10.2 Å². The molecule has 0 spiro atoms. The first-order valence-corrected chi connectivity index (χ1v) is 8.56. The van der Waals surface area contributed by atoms with Gasteiger partial charge in [0.15, 0.2) is 0 Å². The van der Waals surface area contributed by atoms with Crippen LogP contribution in [-0.2, 0) is 21.2 Å². The van der Waals surface area contributed by atoms with Crippen LogP contribution in [0.4, 0.5) is 5.69 Å². The fourth-order valence-electron chi connectivity index (χ4n) is 2.38. The van der Waals surface area contributed by atoms with Crippen molar-refractivity contribution in [1.82, 2.24) is 5.32 Å². The number of fused-ring (bicyclic) bond motifs is 1. The highest BCUT2D eigenvalue weighted by atomic mass is 32.2. The van der Waals surface area contributed by atoms with Gasteiger partial charge in [-0.3, -0.25) is 4.79 Å². The molecule has 0 saturated carbocycles. The maximum atomic E-state index is 11.9. The topological polar surface area (TPSA) is 92.5 Å². The van der Waals surface area contributed by atoms with Crippen molar-refractivity contribution in [3.05, 3.63) is 23.8 Å². The number of rotatable bonds is 5. The predicted octanol–water partition coefficient (Wildman–Crippen LogP) is 0.611. The first kappa shape index (κ1) is 15.8. The van der Waals surface area contributed by atoms with E-state index in [4.69, 9.17) is 5.14 Å². The van der Waals surface area contributed by atoms with E-state index in [1.165, 1.54) is 6.07 Å². The first-order valence-electron chi connectivity index (χ1n) is 7.01. The zero-order chi connectivity index (χ0) is 15.6. The molecule has 7 heteroatoms. The Morgan fingerprint density at radius 2 is 2.19 bits per heavy atom. The fraction of sp³-hybridized carbons (Fsp3) is 0.500. The Morgan fingerprint density at radius 3 is 2.81 bits per heavy atom. The minimum atomic E-state index is -3.68. The Bertz CT molecular complexity index is 643. The maximum absolute atomic E-state index is 11.9. The van der Waals surface area contributed by atoms with E-state index in [0.717, 1.165) is 24.1 Å². The van der Waals surface area contributed by atoms with Gasteiger partial charge in [0.05, 0.1) is 11.4 Å². The van der Waals surface area contributed by atoms with Crippen LogP contribution < -0.4 is 15.4 Å². The molecule has 116 valence electrons. The maximum Gasteiger partial charge on any atom is 0.239 e. The molecule has 0 bridgehead atoms. The zero-order valence-corrected chi connectivity index (χ0v) is 13.1. The molecule has 0 radical (unpaired) electrons. The third kappa shape index (κ3) is 3.74. The molecule has 6 nitrogen and oxygen atoms in total. The number of carbonyl (C=O) groups excluding carboxylic acids is 1. The van der Waals surface area contributed by atoms with Crippen LogP contribution in [0.2, 0.25) is 0 Å². The summed E-state index contributed by atoms with van der Waals surface area (Å²) >= 11 is 0. The van der Waals surface area contributed by atoms with Gasteiger partial charge in [-0.15, -0.1) is 0 Å². The molecule has 1 aromatic carbocycles. The molecule has 1 atom stereocenters. The van der Waals surface area contributed by atoms with E-state index in [1.807, 2.05) is 18.7 Å². The molecule has 1 aliphatic rings. The van der Waals surface area contributed by atoms with Crippen molar-refractivity contribution in [2.45, 2.75) is 37.6 Å². The highest BCUT2D eigenvalue weighted by Crippen LogP contribution is 2.29. The van der Waals surface area contributed by atoms with Gasteiger partial charge in [-0.05, 0) is 43.5 Å². The Balaban J connectivity index is 2.11. The smallest absolute Gasteiger partial charge is 0.239 e. The molecular weight excluding hydrogens is 290 g/mol. The quantitative estimate of drug-likeness (QED) is 0.833. The van der Waals surface area contributed by atoms with Crippen LogP contribution in [-0.4, -0.2) is 33.5 Å². The molecule has 1 unspecified atom stereocenters. The average Bonchev–Trinajstić information content (AvgIpc) is 2.80. The van der Waals surface area contributed by atoms with Crippen LogP contribution in [0.25, 0.3) is 0 Å². The SMILES string of the molecule is CCC(C)NC(=O)CN1CCc2cc(S(N)(=O)=O)ccc21. The van der Waals surface area contributed by atoms with Crippen molar-refractivity contribution in [2.24, 2.45) is 5.14 Å². The molecule has 3 N–H and O–H groups in total. The van der Waals surface area contributed by atoms with Crippen molar-refractivity contribution < 1.29 is 13.2 Å². The van der Waals surface area contributed by atoms with Crippen LogP contribution in [0.5, 0.6) is 0 Å². The van der Waals surface area contributed by atoms with Crippen molar-refractivity contribution in [2.75, 3.05) is 18.0 Å². The Hall–Kier alpha value is -1.60. The molecule has 2 rings (SSSR count). The highest BCUT2D eigenvalue weighted by Gasteiger charge is 2.23. The summed E-state index contributed by atoms with van der Waals surface area (Å²) in [5.41, 5.74) is 1.82. The van der Waals surface area contributed by atoms with Gasteiger partial charge in [-0.2, -0.15) is 0 Å². The number of amides is 1. The Kier molecular flexibility index (Phi) is 4.53. The van der Waals surface area contributed by atoms with Gasteiger partial charge in [-0.1, -0.05) is 6.92 Å². The normalized spacial score (nSPS) is 15.7. The van der Waals surface area contributed by atoms with Crippen LogP contribution in [0.15, 0.2) is 23.1 Å². The monoisotopic (exact) mass is 311 g/mol. The summed E-state index contributed by atoms with van der Waals surface area (Å²) in [6.07, 6.45) is 1.61. The molecule has 1 amide bonds. The first-order chi connectivity index (χ1) is 9.81. The summed E-state index contributed by atoms with van der Waals surface area (Å²) < 4.78 is 22.7.